The number of hydrogen-bond donors (Lipinski definition) is 2. The molecule has 4 nitrogen and oxygen atoms in total. The number of likely N-dealkylation sites (tertiary alicyclic amines) is 1. The van der Waals surface area contributed by atoms with Crippen LogP contribution in [-0.2, 0) is 6.42 Å². The van der Waals surface area contributed by atoms with Crippen LogP contribution in [0.4, 0.5) is 4.79 Å². The van der Waals surface area contributed by atoms with Gasteiger partial charge >= 0.3 is 6.03 Å². The molecule has 0 spiro atoms. The lowest BCUT2D eigenvalue weighted by atomic mass is 9.83. The van der Waals surface area contributed by atoms with E-state index in [0.717, 1.165) is 36.1 Å². The number of carbonyl (C=O) groups is 1. The molecule has 2 fully saturated rings. The summed E-state index contributed by atoms with van der Waals surface area (Å²) in [4.78, 5) is 14.3. The summed E-state index contributed by atoms with van der Waals surface area (Å²) in [5.41, 5.74) is 1.34. The molecule has 2 amide bonds. The van der Waals surface area contributed by atoms with Crippen LogP contribution in [-0.4, -0.2) is 43.2 Å². The maximum Gasteiger partial charge on any atom is 0.314 e. The Morgan fingerprint density at radius 2 is 1.86 bits per heavy atom. The number of nitrogens with zero attached hydrogens (tertiary/aromatic N) is 1. The summed E-state index contributed by atoms with van der Waals surface area (Å²) in [6.07, 6.45) is 9.73. The number of halogens is 2. The highest BCUT2D eigenvalue weighted by Crippen LogP contribution is 2.30. The Morgan fingerprint density at radius 1 is 1.14 bits per heavy atom. The van der Waals surface area contributed by atoms with Crippen LogP contribution in [0, 0.1) is 11.8 Å². The zero-order valence-electron chi connectivity index (χ0n) is 17.6. The summed E-state index contributed by atoms with van der Waals surface area (Å²) in [5.74, 6) is 1.58. The Labute approximate surface area is 189 Å². The van der Waals surface area contributed by atoms with Gasteiger partial charge in [0.25, 0.3) is 0 Å². The van der Waals surface area contributed by atoms with Gasteiger partial charge in [-0.15, -0.1) is 0 Å². The number of piperidine rings is 1. The van der Waals surface area contributed by atoms with Gasteiger partial charge < -0.3 is 15.5 Å². The lowest BCUT2D eigenvalue weighted by Crippen LogP contribution is -2.43. The number of carbonyl (C=O) groups excluding carboxylic acids is 1. The van der Waals surface area contributed by atoms with Crippen molar-refractivity contribution in [2.75, 3.05) is 26.2 Å². The van der Waals surface area contributed by atoms with Crippen molar-refractivity contribution in [2.45, 2.75) is 64.3 Å². The maximum atomic E-state index is 11.7. The quantitative estimate of drug-likeness (QED) is 0.527. The molecule has 1 heterocycles. The van der Waals surface area contributed by atoms with Crippen LogP contribution in [0.3, 0.4) is 0 Å². The number of hydrogen-bond acceptors (Lipinski definition) is 2. The predicted octanol–water partition coefficient (Wildman–Crippen LogP) is 5.63. The molecule has 0 bridgehead atoms. The van der Waals surface area contributed by atoms with Crippen molar-refractivity contribution in [1.29, 1.82) is 0 Å². The van der Waals surface area contributed by atoms with Crippen molar-refractivity contribution < 1.29 is 4.79 Å². The Kier molecular flexibility index (Phi) is 9.13. The summed E-state index contributed by atoms with van der Waals surface area (Å²) < 4.78 is 1.18. The molecular formula is C23H35BrClN3O. The third-order valence-electron chi connectivity index (χ3n) is 6.60. The molecule has 0 unspecified atom stereocenters. The molecule has 29 heavy (non-hydrogen) atoms. The zero-order valence-corrected chi connectivity index (χ0v) is 19.9. The van der Waals surface area contributed by atoms with Crippen LogP contribution in [0.25, 0.3) is 0 Å². The molecule has 2 N–H and O–H groups in total. The van der Waals surface area contributed by atoms with E-state index in [2.05, 4.69) is 43.6 Å². The van der Waals surface area contributed by atoms with Crippen LogP contribution < -0.4 is 10.6 Å². The number of amides is 2. The fourth-order valence-corrected chi connectivity index (χ4v) is 5.39. The lowest BCUT2D eigenvalue weighted by Gasteiger charge is -2.34. The smallest absolute Gasteiger partial charge is 0.314 e. The highest BCUT2D eigenvalue weighted by molar-refractivity contribution is 9.10. The first-order valence-electron chi connectivity index (χ1n) is 11.2. The second kappa shape index (κ2) is 11.6. The van der Waals surface area contributed by atoms with E-state index in [4.69, 9.17) is 11.6 Å². The van der Waals surface area contributed by atoms with Crippen molar-refractivity contribution in [3.8, 4) is 0 Å². The molecule has 2 aliphatic rings. The minimum absolute atomic E-state index is 0.0105. The second-order valence-corrected chi connectivity index (χ2v) is 10.0. The van der Waals surface area contributed by atoms with Crippen LogP contribution in [0.15, 0.2) is 22.7 Å². The number of urea groups is 1. The molecule has 1 aliphatic carbocycles. The Hall–Kier alpha value is -0.780. The SMILES string of the molecule is CCNC(=O)N[C@H]1CC[C@H](CCN2CCC(Cc3cc(Cl)ccc3Br)CC2)CC1. The topological polar surface area (TPSA) is 44.4 Å². The monoisotopic (exact) mass is 483 g/mol. The van der Waals surface area contributed by atoms with Gasteiger partial charge in [0.2, 0.25) is 0 Å². The van der Waals surface area contributed by atoms with Gasteiger partial charge in [-0.3, -0.25) is 0 Å². The summed E-state index contributed by atoms with van der Waals surface area (Å²) in [6.45, 7) is 6.31. The van der Waals surface area contributed by atoms with E-state index >= 15 is 0 Å². The molecule has 1 saturated carbocycles. The average Bonchev–Trinajstić information content (AvgIpc) is 2.71. The number of nitrogens with one attached hydrogen (secondary N) is 2. The fraction of sp³-hybridized carbons (Fsp3) is 0.696. The summed E-state index contributed by atoms with van der Waals surface area (Å²) >= 11 is 9.83. The summed E-state index contributed by atoms with van der Waals surface area (Å²) in [6, 6.07) is 6.46. The third kappa shape index (κ3) is 7.45. The van der Waals surface area contributed by atoms with Crippen molar-refractivity contribution in [2.24, 2.45) is 11.8 Å². The Morgan fingerprint density at radius 3 is 2.55 bits per heavy atom. The molecule has 0 atom stereocenters. The van der Waals surface area contributed by atoms with Gasteiger partial charge in [0, 0.05) is 22.1 Å². The minimum Gasteiger partial charge on any atom is -0.338 e. The molecule has 1 aromatic carbocycles. The van der Waals surface area contributed by atoms with Gasteiger partial charge in [-0.25, -0.2) is 4.79 Å². The summed E-state index contributed by atoms with van der Waals surface area (Å²) in [7, 11) is 0. The van der Waals surface area contributed by atoms with Gasteiger partial charge in [-0.2, -0.15) is 0 Å². The first-order valence-corrected chi connectivity index (χ1v) is 12.4. The molecule has 3 rings (SSSR count). The first kappa shape index (κ1) is 22.9. The van der Waals surface area contributed by atoms with E-state index in [0.29, 0.717) is 12.6 Å². The predicted molar refractivity (Wildman–Crippen MR) is 125 cm³/mol. The van der Waals surface area contributed by atoms with Gasteiger partial charge in [-0.1, -0.05) is 27.5 Å². The largest absolute Gasteiger partial charge is 0.338 e. The van der Waals surface area contributed by atoms with Gasteiger partial charge in [0.1, 0.15) is 0 Å². The van der Waals surface area contributed by atoms with E-state index in [1.165, 1.54) is 61.8 Å². The average molecular weight is 485 g/mol. The van der Waals surface area contributed by atoms with Gasteiger partial charge in [-0.05, 0) is 114 Å². The molecule has 0 aromatic heterocycles. The molecule has 0 radical (unpaired) electrons. The van der Waals surface area contributed by atoms with Crippen molar-refractivity contribution >= 4 is 33.6 Å². The van der Waals surface area contributed by atoms with Gasteiger partial charge in [0.05, 0.1) is 0 Å². The van der Waals surface area contributed by atoms with Crippen molar-refractivity contribution in [3.63, 3.8) is 0 Å². The minimum atomic E-state index is -0.0105. The number of rotatable bonds is 7. The zero-order chi connectivity index (χ0) is 20.6. The Bertz CT molecular complexity index is 656. The van der Waals surface area contributed by atoms with Crippen LogP contribution in [0.1, 0.15) is 57.4 Å². The van der Waals surface area contributed by atoms with E-state index in [-0.39, 0.29) is 6.03 Å². The second-order valence-electron chi connectivity index (χ2n) is 8.73. The van der Waals surface area contributed by atoms with Crippen LogP contribution >= 0.6 is 27.5 Å². The summed E-state index contributed by atoms with van der Waals surface area (Å²) in [5, 5.41) is 6.77. The standard InChI is InChI=1S/C23H35BrClN3O/c1-2-26-23(29)27-21-6-3-17(4-7-21)9-12-28-13-10-18(11-14-28)15-19-16-20(25)5-8-22(19)24/h5,8,16-18,21H,2-4,6-7,9-15H2,1H3,(H2,26,27,29)/t17-,21-. The van der Waals surface area contributed by atoms with Gasteiger partial charge in [0.15, 0.2) is 0 Å². The maximum absolute atomic E-state index is 11.7. The van der Waals surface area contributed by atoms with Crippen LogP contribution in [0.2, 0.25) is 5.02 Å². The van der Waals surface area contributed by atoms with Crippen LogP contribution in [0.5, 0.6) is 0 Å². The highest BCUT2D eigenvalue weighted by atomic mass is 79.9. The lowest BCUT2D eigenvalue weighted by molar-refractivity contribution is 0.163. The molecule has 1 saturated heterocycles. The van der Waals surface area contributed by atoms with E-state index < -0.39 is 0 Å². The third-order valence-corrected chi connectivity index (χ3v) is 7.61. The highest BCUT2D eigenvalue weighted by Gasteiger charge is 2.24. The molecule has 1 aliphatic heterocycles. The van der Waals surface area contributed by atoms with E-state index in [1.54, 1.807) is 0 Å². The normalized spacial score (nSPS) is 23.7. The number of benzene rings is 1. The molecule has 1 aromatic rings. The first-order chi connectivity index (χ1) is 14.0. The van der Waals surface area contributed by atoms with Crippen molar-refractivity contribution in [3.05, 3.63) is 33.3 Å². The van der Waals surface area contributed by atoms with E-state index in [1.807, 2.05) is 13.0 Å². The molecule has 6 heteroatoms. The molecule has 162 valence electrons. The van der Waals surface area contributed by atoms with E-state index in [9.17, 15) is 4.79 Å². The Balaban J connectivity index is 1.31. The van der Waals surface area contributed by atoms with Crippen molar-refractivity contribution in [1.82, 2.24) is 15.5 Å². The molecular weight excluding hydrogens is 450 g/mol. The fourth-order valence-electron chi connectivity index (χ4n) is 4.78.